The third-order valence-corrected chi connectivity index (χ3v) is 3.84. The first kappa shape index (κ1) is 14.3. The van der Waals surface area contributed by atoms with Crippen molar-refractivity contribution in [1.29, 1.82) is 0 Å². The Morgan fingerprint density at radius 1 is 1.14 bits per heavy atom. The molecule has 7 heteroatoms. The van der Waals surface area contributed by atoms with Gasteiger partial charge in [0.1, 0.15) is 0 Å². The highest BCUT2D eigenvalue weighted by Gasteiger charge is 2.19. The lowest BCUT2D eigenvalue weighted by molar-refractivity contribution is 0.0874. The summed E-state index contributed by atoms with van der Waals surface area (Å²) in [6.07, 6.45) is 4.60. The molecular weight excluding hydrogens is 268 g/mol. The van der Waals surface area contributed by atoms with E-state index in [1.54, 1.807) is 0 Å². The highest BCUT2D eigenvalue weighted by molar-refractivity contribution is 5.44. The monoisotopic (exact) mass is 292 g/mol. The second-order valence-corrected chi connectivity index (χ2v) is 5.57. The zero-order chi connectivity index (χ0) is 14.5. The number of hydrogen-bond donors (Lipinski definition) is 2. The number of rotatable bonds is 5. The number of anilines is 3. The average Bonchev–Trinajstić information content (AvgIpc) is 3.03. The van der Waals surface area contributed by atoms with Gasteiger partial charge in [-0.2, -0.15) is 15.0 Å². The summed E-state index contributed by atoms with van der Waals surface area (Å²) in [5, 5.41) is 6.58. The fraction of sp³-hybridized carbons (Fsp3) is 0.786. The van der Waals surface area contributed by atoms with E-state index in [0.717, 1.165) is 51.6 Å². The van der Waals surface area contributed by atoms with Crippen molar-refractivity contribution in [2.45, 2.75) is 38.6 Å². The van der Waals surface area contributed by atoms with Gasteiger partial charge in [0.2, 0.25) is 17.8 Å². The molecule has 1 unspecified atom stereocenters. The van der Waals surface area contributed by atoms with E-state index in [0.29, 0.717) is 17.9 Å². The van der Waals surface area contributed by atoms with Crippen molar-refractivity contribution in [3.05, 3.63) is 0 Å². The minimum Gasteiger partial charge on any atom is -0.379 e. The highest BCUT2D eigenvalue weighted by atomic mass is 16.5. The van der Waals surface area contributed by atoms with Crippen LogP contribution < -0.4 is 15.5 Å². The van der Waals surface area contributed by atoms with E-state index in [1.807, 2.05) is 6.92 Å². The van der Waals surface area contributed by atoms with E-state index in [4.69, 9.17) is 4.74 Å². The normalized spacial score (nSPS) is 22.3. The molecule has 3 rings (SSSR count). The van der Waals surface area contributed by atoms with Crippen LogP contribution in [0.1, 0.15) is 32.6 Å². The Kier molecular flexibility index (Phi) is 4.69. The van der Waals surface area contributed by atoms with Gasteiger partial charge in [0, 0.05) is 26.2 Å². The van der Waals surface area contributed by atoms with Crippen molar-refractivity contribution in [2.75, 3.05) is 48.4 Å². The number of nitrogens with zero attached hydrogens (tertiary/aromatic N) is 4. The van der Waals surface area contributed by atoms with E-state index in [2.05, 4.69) is 30.5 Å². The predicted molar refractivity (Wildman–Crippen MR) is 82.9 cm³/mol. The third kappa shape index (κ3) is 3.72. The zero-order valence-corrected chi connectivity index (χ0v) is 12.6. The molecule has 2 aliphatic heterocycles. The van der Waals surface area contributed by atoms with E-state index >= 15 is 0 Å². The molecule has 0 amide bonds. The van der Waals surface area contributed by atoms with Gasteiger partial charge in [-0.15, -0.1) is 0 Å². The minimum atomic E-state index is 0.294. The first-order chi connectivity index (χ1) is 10.3. The van der Waals surface area contributed by atoms with Gasteiger partial charge in [-0.25, -0.2) is 0 Å². The summed E-state index contributed by atoms with van der Waals surface area (Å²) in [4.78, 5) is 15.8. The molecule has 2 aliphatic rings. The summed E-state index contributed by atoms with van der Waals surface area (Å²) >= 11 is 0. The van der Waals surface area contributed by atoms with Crippen LogP contribution in [0.5, 0.6) is 0 Å². The van der Waals surface area contributed by atoms with Crippen LogP contribution >= 0.6 is 0 Å². The predicted octanol–water partition coefficient (Wildman–Crippen LogP) is 1.49. The van der Waals surface area contributed by atoms with Crippen molar-refractivity contribution < 1.29 is 4.74 Å². The van der Waals surface area contributed by atoms with Crippen LogP contribution in [0, 0.1) is 0 Å². The maximum Gasteiger partial charge on any atom is 0.231 e. The quantitative estimate of drug-likeness (QED) is 0.851. The molecular formula is C14H24N6O. The Morgan fingerprint density at radius 3 is 2.67 bits per heavy atom. The van der Waals surface area contributed by atoms with Crippen molar-refractivity contribution in [3.8, 4) is 0 Å². The van der Waals surface area contributed by atoms with Crippen LogP contribution in [0.4, 0.5) is 17.8 Å². The van der Waals surface area contributed by atoms with Gasteiger partial charge >= 0.3 is 0 Å². The Bertz CT molecular complexity index is 457. The first-order valence-corrected chi connectivity index (χ1v) is 7.94. The Hall–Kier alpha value is -1.63. The molecule has 0 bridgehead atoms. The Balaban J connectivity index is 1.76. The topological polar surface area (TPSA) is 75.2 Å². The van der Waals surface area contributed by atoms with Gasteiger partial charge < -0.3 is 20.3 Å². The molecule has 0 spiro atoms. The maximum absolute atomic E-state index is 5.50. The Morgan fingerprint density at radius 2 is 1.95 bits per heavy atom. The van der Waals surface area contributed by atoms with Gasteiger partial charge in [-0.1, -0.05) is 0 Å². The van der Waals surface area contributed by atoms with Crippen LogP contribution in [-0.2, 0) is 4.74 Å². The maximum atomic E-state index is 5.50. The van der Waals surface area contributed by atoms with Gasteiger partial charge in [0.25, 0.3) is 0 Å². The van der Waals surface area contributed by atoms with Gasteiger partial charge in [0.15, 0.2) is 0 Å². The second kappa shape index (κ2) is 6.89. The van der Waals surface area contributed by atoms with Crippen molar-refractivity contribution in [1.82, 2.24) is 15.0 Å². The largest absolute Gasteiger partial charge is 0.379 e. The van der Waals surface area contributed by atoms with Gasteiger partial charge in [0.05, 0.1) is 12.6 Å². The lowest BCUT2D eigenvalue weighted by atomic mass is 10.1. The number of aromatic nitrogens is 3. The van der Waals surface area contributed by atoms with Crippen LogP contribution in [0.3, 0.4) is 0 Å². The van der Waals surface area contributed by atoms with Crippen molar-refractivity contribution in [2.24, 2.45) is 0 Å². The fourth-order valence-corrected chi connectivity index (χ4v) is 2.76. The molecule has 7 nitrogen and oxygen atoms in total. The summed E-state index contributed by atoms with van der Waals surface area (Å²) in [6, 6.07) is 0.294. The van der Waals surface area contributed by atoms with Crippen molar-refractivity contribution >= 4 is 17.8 Å². The molecule has 2 fully saturated rings. The van der Waals surface area contributed by atoms with Crippen LogP contribution in [-0.4, -0.2) is 53.8 Å². The molecule has 3 heterocycles. The third-order valence-electron chi connectivity index (χ3n) is 3.84. The van der Waals surface area contributed by atoms with Crippen LogP contribution in [0.25, 0.3) is 0 Å². The zero-order valence-electron chi connectivity index (χ0n) is 12.6. The summed E-state index contributed by atoms with van der Waals surface area (Å²) in [5.74, 6) is 2.07. The molecule has 116 valence electrons. The molecule has 2 N–H and O–H groups in total. The van der Waals surface area contributed by atoms with E-state index in [-0.39, 0.29) is 0 Å². The SMILES string of the molecule is CCNc1nc(NC2CCCOC2)nc(N2CCCC2)n1. The Labute approximate surface area is 125 Å². The van der Waals surface area contributed by atoms with E-state index < -0.39 is 0 Å². The summed E-state index contributed by atoms with van der Waals surface area (Å²) < 4.78 is 5.50. The summed E-state index contributed by atoms with van der Waals surface area (Å²) in [5.41, 5.74) is 0. The average molecular weight is 292 g/mol. The molecule has 0 saturated carbocycles. The number of hydrogen-bond acceptors (Lipinski definition) is 7. The van der Waals surface area contributed by atoms with Crippen LogP contribution in [0.2, 0.25) is 0 Å². The van der Waals surface area contributed by atoms with Gasteiger partial charge in [-0.05, 0) is 32.6 Å². The highest BCUT2D eigenvalue weighted by Crippen LogP contribution is 2.20. The first-order valence-electron chi connectivity index (χ1n) is 7.94. The standard InChI is InChI=1S/C14H24N6O/c1-2-15-12-17-13(16-11-6-5-9-21-10-11)19-14(18-12)20-7-3-4-8-20/h11H,2-10H2,1H3,(H2,15,16,17,18,19). The molecule has 0 aliphatic carbocycles. The molecule has 1 atom stereocenters. The van der Waals surface area contributed by atoms with Crippen LogP contribution in [0.15, 0.2) is 0 Å². The molecule has 21 heavy (non-hydrogen) atoms. The minimum absolute atomic E-state index is 0.294. The molecule has 1 aromatic heterocycles. The molecule has 1 aromatic rings. The van der Waals surface area contributed by atoms with Gasteiger partial charge in [-0.3, -0.25) is 0 Å². The van der Waals surface area contributed by atoms with Crippen molar-refractivity contribution in [3.63, 3.8) is 0 Å². The van der Waals surface area contributed by atoms with E-state index in [9.17, 15) is 0 Å². The number of nitrogens with one attached hydrogen (secondary N) is 2. The van der Waals surface area contributed by atoms with E-state index in [1.165, 1.54) is 12.8 Å². The molecule has 0 aromatic carbocycles. The smallest absolute Gasteiger partial charge is 0.231 e. The summed E-state index contributed by atoms with van der Waals surface area (Å²) in [6.45, 7) is 6.48. The number of ether oxygens (including phenoxy) is 1. The summed E-state index contributed by atoms with van der Waals surface area (Å²) in [7, 11) is 0. The fourth-order valence-electron chi connectivity index (χ4n) is 2.76. The molecule has 0 radical (unpaired) electrons. The molecule has 2 saturated heterocycles. The lowest BCUT2D eigenvalue weighted by Gasteiger charge is -2.24. The second-order valence-electron chi connectivity index (χ2n) is 5.57. The lowest BCUT2D eigenvalue weighted by Crippen LogP contribution is -2.31.